The normalized spacial score (nSPS) is 17.4. The number of hydrogen-bond donors (Lipinski definition) is 2. The van der Waals surface area contributed by atoms with Gasteiger partial charge in [0.15, 0.2) is 0 Å². The van der Waals surface area contributed by atoms with E-state index in [2.05, 4.69) is 17.6 Å². The number of anilines is 1. The minimum Gasteiger partial charge on any atom is -0.362 e. The van der Waals surface area contributed by atoms with Crippen molar-refractivity contribution in [1.29, 1.82) is 0 Å². The zero-order valence-electron chi connectivity index (χ0n) is 18.9. The maximum Gasteiger partial charge on any atom is 0.255 e. The van der Waals surface area contributed by atoms with E-state index in [1.807, 2.05) is 30.0 Å². The first-order chi connectivity index (χ1) is 14.5. The number of carbonyl (C=O) groups excluding carboxylic acids is 2. The van der Waals surface area contributed by atoms with Crippen LogP contribution in [0.3, 0.4) is 0 Å². The Morgan fingerprint density at radius 3 is 2.27 bits per heavy atom. The zero-order valence-corrected chi connectivity index (χ0v) is 18.9. The molecule has 1 fully saturated rings. The van der Waals surface area contributed by atoms with Crippen LogP contribution in [0.15, 0.2) is 18.2 Å². The molecule has 1 spiro atoms. The van der Waals surface area contributed by atoms with E-state index in [1.54, 1.807) is 0 Å². The third kappa shape index (κ3) is 5.99. The first-order valence-electron chi connectivity index (χ1n) is 12.0. The highest BCUT2D eigenvalue weighted by Gasteiger charge is 2.40. The van der Waals surface area contributed by atoms with Gasteiger partial charge in [-0.2, -0.15) is 0 Å². The van der Waals surface area contributed by atoms with E-state index < -0.39 is 5.66 Å². The number of carbonyl (C=O) groups is 2. The summed E-state index contributed by atoms with van der Waals surface area (Å²) in [6.07, 6.45) is 13.6. The van der Waals surface area contributed by atoms with Gasteiger partial charge in [0.25, 0.3) is 5.91 Å². The fourth-order valence-corrected chi connectivity index (χ4v) is 4.66. The number of rotatable bonds is 10. The van der Waals surface area contributed by atoms with Gasteiger partial charge >= 0.3 is 0 Å². The molecular formula is C25H39N3O2. The molecule has 166 valence electrons. The maximum atomic E-state index is 12.6. The van der Waals surface area contributed by atoms with Crippen molar-refractivity contribution in [3.05, 3.63) is 29.3 Å². The van der Waals surface area contributed by atoms with Crippen LogP contribution >= 0.6 is 0 Å². The summed E-state index contributed by atoms with van der Waals surface area (Å²) in [5, 5.41) is 6.72. The summed E-state index contributed by atoms with van der Waals surface area (Å²) in [4.78, 5) is 27.2. The van der Waals surface area contributed by atoms with Gasteiger partial charge in [-0.05, 0) is 25.5 Å². The topological polar surface area (TPSA) is 61.4 Å². The van der Waals surface area contributed by atoms with Gasteiger partial charge in [0.1, 0.15) is 5.66 Å². The minimum atomic E-state index is -0.423. The van der Waals surface area contributed by atoms with Crippen LogP contribution in [0.1, 0.15) is 99.9 Å². The predicted molar refractivity (Wildman–Crippen MR) is 123 cm³/mol. The molecule has 0 bridgehead atoms. The standard InChI is InChI=1S/C25H39N3O2/c1-3-4-5-6-7-8-9-10-11-12-23(29)28-17-15-25(16-18-28)26-22-14-13-20(2)19-21(22)24(30)27-25/h13-14,19,26H,3-12,15-18H2,1-2H3,(H,27,30). The molecule has 2 heterocycles. The molecule has 0 aromatic heterocycles. The Labute approximate surface area is 182 Å². The van der Waals surface area contributed by atoms with Crippen molar-refractivity contribution in [3.63, 3.8) is 0 Å². The van der Waals surface area contributed by atoms with Gasteiger partial charge in [-0.1, -0.05) is 69.9 Å². The van der Waals surface area contributed by atoms with Crippen LogP contribution in [0.4, 0.5) is 5.69 Å². The van der Waals surface area contributed by atoms with Crippen molar-refractivity contribution in [3.8, 4) is 0 Å². The molecule has 30 heavy (non-hydrogen) atoms. The van der Waals surface area contributed by atoms with E-state index >= 15 is 0 Å². The molecule has 5 nitrogen and oxygen atoms in total. The SMILES string of the molecule is CCCCCCCCCCCC(=O)N1CCC2(CC1)NC(=O)c1cc(C)ccc1N2. The van der Waals surface area contributed by atoms with Crippen LogP contribution in [0.5, 0.6) is 0 Å². The molecule has 2 aliphatic rings. The summed E-state index contributed by atoms with van der Waals surface area (Å²) >= 11 is 0. The number of nitrogens with one attached hydrogen (secondary N) is 2. The first kappa shape index (κ1) is 22.6. The van der Waals surface area contributed by atoms with Crippen molar-refractivity contribution in [2.24, 2.45) is 0 Å². The Morgan fingerprint density at radius 1 is 0.967 bits per heavy atom. The Balaban J connectivity index is 1.36. The van der Waals surface area contributed by atoms with Gasteiger partial charge < -0.3 is 15.5 Å². The highest BCUT2D eigenvalue weighted by molar-refractivity contribution is 6.02. The third-order valence-electron chi connectivity index (χ3n) is 6.61. The van der Waals surface area contributed by atoms with Gasteiger partial charge in [0, 0.05) is 38.0 Å². The average molecular weight is 414 g/mol. The van der Waals surface area contributed by atoms with Gasteiger partial charge in [0.05, 0.1) is 5.56 Å². The molecule has 1 aromatic rings. The molecule has 2 amide bonds. The van der Waals surface area contributed by atoms with E-state index in [1.165, 1.54) is 44.9 Å². The molecule has 0 radical (unpaired) electrons. The molecule has 2 N–H and O–H groups in total. The van der Waals surface area contributed by atoms with Gasteiger partial charge in [0.2, 0.25) is 5.91 Å². The number of hydrogen-bond acceptors (Lipinski definition) is 3. The van der Waals surface area contributed by atoms with Crippen LogP contribution in [0.25, 0.3) is 0 Å². The average Bonchev–Trinajstić information content (AvgIpc) is 2.73. The van der Waals surface area contributed by atoms with Crippen LogP contribution in [0.2, 0.25) is 0 Å². The largest absolute Gasteiger partial charge is 0.362 e. The Bertz CT molecular complexity index is 723. The number of aryl methyl sites for hydroxylation is 1. The summed E-state index contributed by atoms with van der Waals surface area (Å²) in [6, 6.07) is 5.95. The van der Waals surface area contributed by atoms with Crippen molar-refractivity contribution in [2.45, 2.75) is 96.6 Å². The van der Waals surface area contributed by atoms with Crippen LogP contribution in [-0.4, -0.2) is 35.5 Å². The second-order valence-corrected chi connectivity index (χ2v) is 9.17. The van der Waals surface area contributed by atoms with Crippen molar-refractivity contribution in [2.75, 3.05) is 18.4 Å². The number of piperidine rings is 1. The minimum absolute atomic E-state index is 0.0121. The summed E-state index contributed by atoms with van der Waals surface area (Å²) < 4.78 is 0. The Kier molecular flexibility index (Phi) is 8.17. The van der Waals surface area contributed by atoms with E-state index in [4.69, 9.17) is 0 Å². The Hall–Kier alpha value is -2.04. The lowest BCUT2D eigenvalue weighted by Gasteiger charge is -2.46. The summed E-state index contributed by atoms with van der Waals surface area (Å²) in [5.41, 5.74) is 2.27. The van der Waals surface area contributed by atoms with Crippen LogP contribution < -0.4 is 10.6 Å². The molecule has 1 aromatic carbocycles. The van der Waals surface area contributed by atoms with Crippen molar-refractivity contribution >= 4 is 17.5 Å². The number of likely N-dealkylation sites (tertiary alicyclic amines) is 1. The van der Waals surface area contributed by atoms with E-state index in [0.29, 0.717) is 25.1 Å². The highest BCUT2D eigenvalue weighted by Crippen LogP contribution is 2.32. The molecule has 0 unspecified atom stereocenters. The molecule has 0 atom stereocenters. The number of amides is 2. The number of fused-ring (bicyclic) bond motifs is 1. The van der Waals surface area contributed by atoms with E-state index in [0.717, 1.165) is 36.9 Å². The van der Waals surface area contributed by atoms with Gasteiger partial charge in [-0.15, -0.1) is 0 Å². The molecule has 0 aliphatic carbocycles. The van der Waals surface area contributed by atoms with E-state index in [-0.39, 0.29) is 11.8 Å². The lowest BCUT2D eigenvalue weighted by Crippen LogP contribution is -2.62. The lowest BCUT2D eigenvalue weighted by atomic mass is 9.91. The van der Waals surface area contributed by atoms with E-state index in [9.17, 15) is 9.59 Å². The molecule has 1 saturated heterocycles. The Morgan fingerprint density at radius 2 is 1.60 bits per heavy atom. The van der Waals surface area contributed by atoms with Crippen LogP contribution in [0, 0.1) is 6.92 Å². The van der Waals surface area contributed by atoms with Crippen molar-refractivity contribution in [1.82, 2.24) is 10.2 Å². The smallest absolute Gasteiger partial charge is 0.255 e. The number of benzene rings is 1. The predicted octanol–water partition coefficient (Wildman–Crippen LogP) is 5.39. The number of nitrogens with zero attached hydrogens (tertiary/aromatic N) is 1. The summed E-state index contributed by atoms with van der Waals surface area (Å²) in [5.74, 6) is 0.257. The molecular weight excluding hydrogens is 374 g/mol. The fraction of sp³-hybridized carbons (Fsp3) is 0.680. The second-order valence-electron chi connectivity index (χ2n) is 9.17. The third-order valence-corrected chi connectivity index (χ3v) is 6.61. The van der Waals surface area contributed by atoms with Gasteiger partial charge in [-0.3, -0.25) is 9.59 Å². The molecule has 2 aliphatic heterocycles. The molecule has 5 heteroatoms. The van der Waals surface area contributed by atoms with Crippen molar-refractivity contribution < 1.29 is 9.59 Å². The van der Waals surface area contributed by atoms with Crippen LogP contribution in [-0.2, 0) is 4.79 Å². The number of unbranched alkanes of at least 4 members (excludes halogenated alkanes) is 8. The second kappa shape index (κ2) is 10.8. The zero-order chi connectivity index (χ0) is 21.4. The fourth-order valence-electron chi connectivity index (χ4n) is 4.66. The quantitative estimate of drug-likeness (QED) is 0.506. The molecule has 0 saturated carbocycles. The maximum absolute atomic E-state index is 12.6. The molecule has 3 rings (SSSR count). The lowest BCUT2D eigenvalue weighted by molar-refractivity contribution is -0.132. The first-order valence-corrected chi connectivity index (χ1v) is 12.0. The summed E-state index contributed by atoms with van der Waals surface area (Å²) in [7, 11) is 0. The monoisotopic (exact) mass is 413 g/mol. The highest BCUT2D eigenvalue weighted by atomic mass is 16.2. The van der Waals surface area contributed by atoms with Gasteiger partial charge in [-0.25, -0.2) is 0 Å². The summed E-state index contributed by atoms with van der Waals surface area (Å²) in [6.45, 7) is 5.64.